The lowest BCUT2D eigenvalue weighted by atomic mass is 9.96. The van der Waals surface area contributed by atoms with E-state index in [1.807, 2.05) is 19.0 Å². The van der Waals surface area contributed by atoms with E-state index in [1.165, 1.54) is 12.0 Å². The molecule has 0 radical (unpaired) electrons. The minimum absolute atomic E-state index is 0.0705. The Morgan fingerprint density at radius 1 is 1.24 bits per heavy atom. The van der Waals surface area contributed by atoms with Crippen LogP contribution in [0.2, 0.25) is 0 Å². The first-order valence-corrected chi connectivity index (χ1v) is 9.41. The van der Waals surface area contributed by atoms with Crippen LogP contribution in [0.15, 0.2) is 54.4 Å². The van der Waals surface area contributed by atoms with E-state index in [4.69, 9.17) is 4.74 Å². The molecule has 29 heavy (non-hydrogen) atoms. The Balaban J connectivity index is 2.07. The van der Waals surface area contributed by atoms with E-state index >= 15 is 0 Å². The summed E-state index contributed by atoms with van der Waals surface area (Å²) in [5.74, 6) is -0.968. The maximum atomic E-state index is 12.9. The van der Waals surface area contributed by atoms with Crippen LogP contribution >= 0.6 is 0 Å². The number of benzene rings is 1. The molecule has 152 valence electrons. The number of ether oxygens (including phenoxy) is 1. The summed E-state index contributed by atoms with van der Waals surface area (Å²) in [5, 5.41) is 11.0. The Hall–Kier alpha value is -3.19. The van der Waals surface area contributed by atoms with Crippen molar-refractivity contribution in [3.63, 3.8) is 0 Å². The van der Waals surface area contributed by atoms with Gasteiger partial charge in [-0.3, -0.25) is 14.6 Å². The Labute approximate surface area is 170 Å². The van der Waals surface area contributed by atoms with Gasteiger partial charge in [-0.15, -0.1) is 0 Å². The van der Waals surface area contributed by atoms with E-state index in [-0.39, 0.29) is 11.3 Å². The highest BCUT2D eigenvalue weighted by Crippen LogP contribution is 2.39. The Morgan fingerprint density at radius 3 is 2.69 bits per heavy atom. The van der Waals surface area contributed by atoms with Gasteiger partial charge in [0.05, 0.1) is 18.7 Å². The van der Waals surface area contributed by atoms with E-state index < -0.39 is 17.7 Å². The summed E-state index contributed by atoms with van der Waals surface area (Å²) in [6.07, 6.45) is 3.95. The Bertz CT molecular complexity index is 925. The number of hydrogen-bond donors (Lipinski definition) is 1. The summed E-state index contributed by atoms with van der Waals surface area (Å²) in [7, 11) is 5.43. The fraction of sp³-hybridized carbons (Fsp3) is 0.318. The average Bonchev–Trinajstić information content (AvgIpc) is 2.98. The molecule has 1 N–H and O–H groups in total. The van der Waals surface area contributed by atoms with E-state index in [2.05, 4.69) is 4.98 Å². The van der Waals surface area contributed by atoms with Crippen molar-refractivity contribution in [2.24, 2.45) is 0 Å². The third kappa shape index (κ3) is 4.30. The predicted molar refractivity (Wildman–Crippen MR) is 109 cm³/mol. The maximum Gasteiger partial charge on any atom is 0.295 e. The number of carbonyl (C=O) groups is 2. The van der Waals surface area contributed by atoms with E-state index in [9.17, 15) is 14.7 Å². The summed E-state index contributed by atoms with van der Waals surface area (Å²) < 4.78 is 5.21. The number of aliphatic hydroxyl groups is 1. The number of ketones is 1. The molecule has 2 aromatic rings. The molecular weight excluding hydrogens is 370 g/mol. The summed E-state index contributed by atoms with van der Waals surface area (Å²) >= 11 is 0. The zero-order valence-corrected chi connectivity index (χ0v) is 16.8. The lowest BCUT2D eigenvalue weighted by Crippen LogP contribution is -2.32. The topological polar surface area (TPSA) is 83.0 Å². The van der Waals surface area contributed by atoms with Gasteiger partial charge in [0.1, 0.15) is 11.5 Å². The van der Waals surface area contributed by atoms with E-state index in [1.54, 1.807) is 48.8 Å². The van der Waals surface area contributed by atoms with Gasteiger partial charge in [0, 0.05) is 24.5 Å². The van der Waals surface area contributed by atoms with Crippen LogP contribution in [-0.4, -0.2) is 65.9 Å². The van der Waals surface area contributed by atoms with Gasteiger partial charge in [-0.05, 0) is 50.8 Å². The monoisotopic (exact) mass is 395 g/mol. The number of methoxy groups -OCH3 is 1. The van der Waals surface area contributed by atoms with Crippen molar-refractivity contribution in [1.29, 1.82) is 0 Å². The second-order valence-electron chi connectivity index (χ2n) is 7.17. The summed E-state index contributed by atoms with van der Waals surface area (Å²) in [6, 6.07) is 9.65. The van der Waals surface area contributed by atoms with Gasteiger partial charge in [0.25, 0.3) is 11.7 Å². The number of rotatable bonds is 7. The van der Waals surface area contributed by atoms with Crippen molar-refractivity contribution in [2.45, 2.75) is 12.5 Å². The number of pyridine rings is 1. The van der Waals surface area contributed by atoms with Crippen LogP contribution < -0.4 is 4.74 Å². The van der Waals surface area contributed by atoms with Gasteiger partial charge in [-0.2, -0.15) is 0 Å². The molecule has 1 aliphatic rings. The molecule has 0 saturated carbocycles. The number of likely N-dealkylation sites (tertiary alicyclic amines) is 1. The standard InChI is InChI=1S/C22H25N3O4/c1-24(2)11-6-12-25-19(16-8-5-10-23-14-16)18(21(27)22(25)28)20(26)15-7-4-9-17(13-15)29-3/h4-5,7-10,13-14,19,26H,6,11-12H2,1-3H3/t19-/m0/s1. The number of hydrogen-bond acceptors (Lipinski definition) is 6. The van der Waals surface area contributed by atoms with Crippen molar-refractivity contribution in [2.75, 3.05) is 34.3 Å². The molecule has 1 aromatic carbocycles. The quantitative estimate of drug-likeness (QED) is 0.441. The highest BCUT2D eigenvalue weighted by Gasteiger charge is 2.45. The molecule has 1 fully saturated rings. The van der Waals surface area contributed by atoms with Crippen LogP contribution in [0.5, 0.6) is 5.75 Å². The van der Waals surface area contributed by atoms with Gasteiger partial charge in [-0.25, -0.2) is 0 Å². The first-order chi connectivity index (χ1) is 13.9. The average molecular weight is 395 g/mol. The van der Waals surface area contributed by atoms with E-state index in [0.717, 1.165) is 6.54 Å². The normalized spacial score (nSPS) is 18.5. The van der Waals surface area contributed by atoms with Gasteiger partial charge in [0.15, 0.2) is 0 Å². The molecule has 7 nitrogen and oxygen atoms in total. The molecule has 1 saturated heterocycles. The number of aliphatic hydroxyl groups excluding tert-OH is 1. The predicted octanol–water partition coefficient (Wildman–Crippen LogP) is 2.46. The zero-order chi connectivity index (χ0) is 21.0. The number of nitrogens with zero attached hydrogens (tertiary/aromatic N) is 3. The number of carbonyl (C=O) groups excluding carboxylic acids is 2. The third-order valence-electron chi connectivity index (χ3n) is 4.89. The van der Waals surface area contributed by atoms with Crippen LogP contribution in [0.4, 0.5) is 0 Å². The van der Waals surface area contributed by atoms with Crippen LogP contribution in [0.25, 0.3) is 5.76 Å². The molecule has 1 aliphatic heterocycles. The molecular formula is C22H25N3O4. The SMILES string of the molecule is COc1cccc(C(O)=C2C(=O)C(=O)N(CCCN(C)C)[C@H]2c2cccnc2)c1. The highest BCUT2D eigenvalue weighted by molar-refractivity contribution is 6.46. The summed E-state index contributed by atoms with van der Waals surface area (Å²) in [5.41, 5.74) is 1.17. The van der Waals surface area contributed by atoms with Crippen LogP contribution in [0.3, 0.4) is 0 Å². The van der Waals surface area contributed by atoms with Gasteiger partial charge < -0.3 is 19.6 Å². The summed E-state index contributed by atoms with van der Waals surface area (Å²) in [6.45, 7) is 1.18. The first-order valence-electron chi connectivity index (χ1n) is 9.41. The Kier molecular flexibility index (Phi) is 6.29. The second-order valence-corrected chi connectivity index (χ2v) is 7.17. The molecule has 1 amide bonds. The van der Waals surface area contributed by atoms with E-state index in [0.29, 0.717) is 29.8 Å². The fourth-order valence-corrected chi connectivity index (χ4v) is 3.48. The third-order valence-corrected chi connectivity index (χ3v) is 4.89. The molecule has 0 spiro atoms. The van der Waals surface area contributed by atoms with Gasteiger partial charge >= 0.3 is 0 Å². The van der Waals surface area contributed by atoms with Crippen molar-refractivity contribution in [1.82, 2.24) is 14.8 Å². The molecule has 3 rings (SSSR count). The minimum Gasteiger partial charge on any atom is -0.507 e. The Morgan fingerprint density at radius 2 is 2.03 bits per heavy atom. The van der Waals surface area contributed by atoms with Crippen molar-refractivity contribution in [3.05, 3.63) is 65.5 Å². The second kappa shape index (κ2) is 8.87. The molecule has 1 aromatic heterocycles. The van der Waals surface area contributed by atoms with Crippen molar-refractivity contribution in [3.8, 4) is 5.75 Å². The molecule has 7 heteroatoms. The van der Waals surface area contributed by atoms with Crippen LogP contribution in [0, 0.1) is 0 Å². The molecule has 1 atom stereocenters. The largest absolute Gasteiger partial charge is 0.507 e. The highest BCUT2D eigenvalue weighted by atomic mass is 16.5. The van der Waals surface area contributed by atoms with Crippen LogP contribution in [0.1, 0.15) is 23.6 Å². The molecule has 2 heterocycles. The smallest absolute Gasteiger partial charge is 0.295 e. The lowest BCUT2D eigenvalue weighted by molar-refractivity contribution is -0.139. The zero-order valence-electron chi connectivity index (χ0n) is 16.8. The maximum absolute atomic E-state index is 12.9. The number of amides is 1. The summed E-state index contributed by atoms with van der Waals surface area (Å²) in [4.78, 5) is 33.4. The lowest BCUT2D eigenvalue weighted by Gasteiger charge is -2.25. The van der Waals surface area contributed by atoms with Crippen molar-refractivity contribution >= 4 is 17.4 Å². The first kappa shape index (κ1) is 20.5. The molecule has 0 unspecified atom stereocenters. The molecule has 0 bridgehead atoms. The van der Waals surface area contributed by atoms with Gasteiger partial charge in [0.2, 0.25) is 0 Å². The number of aromatic nitrogens is 1. The van der Waals surface area contributed by atoms with Crippen molar-refractivity contribution < 1.29 is 19.4 Å². The fourth-order valence-electron chi connectivity index (χ4n) is 3.48. The minimum atomic E-state index is -0.691. The number of Topliss-reactive ketones (excluding diaryl/α,β-unsaturated/α-hetero) is 1. The molecule has 0 aliphatic carbocycles. The van der Waals surface area contributed by atoms with Gasteiger partial charge in [-0.1, -0.05) is 18.2 Å². The van der Waals surface area contributed by atoms with Crippen LogP contribution in [-0.2, 0) is 9.59 Å².